The molecule has 0 aliphatic carbocycles. The van der Waals surface area contributed by atoms with Crippen LogP contribution in [-0.4, -0.2) is 11.2 Å². The molecule has 0 saturated carbocycles. The summed E-state index contributed by atoms with van der Waals surface area (Å²) >= 11 is 5.95. The minimum absolute atomic E-state index is 0.343. The number of hydrogen-bond donors (Lipinski definition) is 1. The Hall–Kier alpha value is -1.52. The van der Waals surface area contributed by atoms with E-state index >= 15 is 0 Å². The smallest absolute Gasteiger partial charge is 0.174 e. The van der Waals surface area contributed by atoms with Gasteiger partial charge in [0, 0.05) is 23.7 Å². The lowest BCUT2D eigenvalue weighted by Crippen LogP contribution is -2.21. The van der Waals surface area contributed by atoms with Crippen LogP contribution in [0.5, 0.6) is 5.75 Å². The van der Waals surface area contributed by atoms with Crippen LogP contribution >= 0.6 is 11.6 Å². The summed E-state index contributed by atoms with van der Waals surface area (Å²) in [5, 5.41) is 7.94. The van der Waals surface area contributed by atoms with E-state index in [1.54, 1.807) is 6.07 Å². The van der Waals surface area contributed by atoms with Crippen LogP contribution in [0.3, 0.4) is 0 Å². The fourth-order valence-corrected chi connectivity index (χ4v) is 1.86. The minimum atomic E-state index is 0.343. The van der Waals surface area contributed by atoms with E-state index in [9.17, 15) is 0 Å². The van der Waals surface area contributed by atoms with E-state index in [2.05, 4.69) is 24.3 Å². The van der Waals surface area contributed by atoms with Crippen LogP contribution in [0, 0.1) is 6.92 Å². The van der Waals surface area contributed by atoms with Crippen molar-refractivity contribution in [1.29, 1.82) is 0 Å². The Morgan fingerprint density at radius 1 is 1.35 bits per heavy atom. The molecule has 0 fully saturated rings. The quantitative estimate of drug-likeness (QED) is 0.882. The summed E-state index contributed by atoms with van der Waals surface area (Å²) in [4.78, 5) is 0. The fourth-order valence-electron chi connectivity index (χ4n) is 1.69. The Labute approximate surface area is 124 Å². The average Bonchev–Trinajstić information content (AvgIpc) is 2.85. The number of halogens is 1. The molecule has 0 saturated heterocycles. The zero-order chi connectivity index (χ0) is 14.5. The van der Waals surface area contributed by atoms with E-state index in [-0.39, 0.29) is 0 Å². The fraction of sp³-hybridized carbons (Fsp3) is 0.400. The van der Waals surface area contributed by atoms with Crippen LogP contribution in [0.15, 0.2) is 28.8 Å². The van der Waals surface area contributed by atoms with Crippen LogP contribution in [0.25, 0.3) is 0 Å². The van der Waals surface area contributed by atoms with Gasteiger partial charge in [-0.2, -0.15) is 0 Å². The average molecular weight is 295 g/mol. The molecule has 0 aliphatic heterocycles. The maximum atomic E-state index is 5.95. The Morgan fingerprint density at radius 3 is 2.90 bits per heavy atom. The molecule has 2 aromatic rings. The molecule has 0 radical (unpaired) electrons. The molecular formula is C15H19ClN2O2. The highest BCUT2D eigenvalue weighted by molar-refractivity contribution is 6.30. The lowest BCUT2D eigenvalue weighted by molar-refractivity contribution is 0.247. The molecule has 0 unspecified atom stereocenters. The van der Waals surface area contributed by atoms with Gasteiger partial charge in [0.05, 0.1) is 5.69 Å². The summed E-state index contributed by atoms with van der Waals surface area (Å²) in [6, 6.07) is 7.88. The van der Waals surface area contributed by atoms with Crippen LogP contribution in [0.2, 0.25) is 5.02 Å². The molecule has 0 bridgehead atoms. The highest BCUT2D eigenvalue weighted by Crippen LogP contribution is 2.23. The second-order valence-electron chi connectivity index (χ2n) is 5.02. The summed E-state index contributed by atoms with van der Waals surface area (Å²) in [6.45, 7) is 7.19. The first-order valence-electron chi connectivity index (χ1n) is 6.61. The highest BCUT2D eigenvalue weighted by atomic mass is 35.5. The number of nitrogens with zero attached hydrogens (tertiary/aromatic N) is 1. The Balaban J connectivity index is 1.92. The number of aromatic nitrogens is 1. The van der Waals surface area contributed by atoms with Gasteiger partial charge >= 0.3 is 0 Å². The summed E-state index contributed by atoms with van der Waals surface area (Å²) < 4.78 is 10.9. The van der Waals surface area contributed by atoms with Crippen LogP contribution in [0.1, 0.15) is 30.9 Å². The van der Waals surface area contributed by atoms with Crippen molar-refractivity contribution in [3.63, 3.8) is 0 Å². The minimum Gasteiger partial charge on any atom is -0.485 e. The van der Waals surface area contributed by atoms with Gasteiger partial charge in [-0.25, -0.2) is 0 Å². The van der Waals surface area contributed by atoms with E-state index < -0.39 is 0 Å². The van der Waals surface area contributed by atoms with Crippen molar-refractivity contribution < 1.29 is 9.26 Å². The number of aryl methyl sites for hydroxylation is 1. The first-order chi connectivity index (χ1) is 9.54. The number of hydrogen-bond acceptors (Lipinski definition) is 4. The van der Waals surface area contributed by atoms with Crippen molar-refractivity contribution in [3.05, 3.63) is 46.3 Å². The third kappa shape index (κ3) is 4.25. The van der Waals surface area contributed by atoms with Gasteiger partial charge in [0.2, 0.25) is 0 Å². The van der Waals surface area contributed by atoms with Crippen molar-refractivity contribution in [1.82, 2.24) is 10.5 Å². The van der Waals surface area contributed by atoms with Crippen LogP contribution in [-0.2, 0) is 13.2 Å². The third-order valence-electron chi connectivity index (χ3n) is 2.82. The van der Waals surface area contributed by atoms with E-state index in [0.29, 0.717) is 30.0 Å². The van der Waals surface area contributed by atoms with Gasteiger partial charge in [-0.1, -0.05) is 36.7 Å². The summed E-state index contributed by atoms with van der Waals surface area (Å²) in [5.74, 6) is 1.46. The van der Waals surface area contributed by atoms with Gasteiger partial charge in [-0.05, 0) is 24.6 Å². The Kier molecular flexibility index (Phi) is 5.04. The molecule has 1 heterocycles. The van der Waals surface area contributed by atoms with Crippen LogP contribution < -0.4 is 10.1 Å². The SMILES string of the molecule is Cc1ccc(Cl)cc1OCc1cc(CNC(C)C)no1. The Bertz CT molecular complexity index is 567. The van der Waals surface area contributed by atoms with Crippen molar-refractivity contribution >= 4 is 11.6 Å². The molecule has 1 aromatic carbocycles. The van der Waals surface area contributed by atoms with Gasteiger partial charge in [-0.15, -0.1) is 0 Å². The summed E-state index contributed by atoms with van der Waals surface area (Å²) in [6.07, 6.45) is 0. The first-order valence-corrected chi connectivity index (χ1v) is 6.99. The normalized spacial score (nSPS) is 11.1. The van der Waals surface area contributed by atoms with Crippen molar-refractivity contribution in [3.8, 4) is 5.75 Å². The molecule has 1 aromatic heterocycles. The molecule has 2 rings (SSSR count). The maximum Gasteiger partial charge on any atom is 0.174 e. The van der Waals surface area contributed by atoms with Gasteiger partial charge in [-0.3, -0.25) is 0 Å². The molecule has 0 aliphatic rings. The molecule has 0 atom stereocenters. The van der Waals surface area contributed by atoms with Crippen molar-refractivity contribution in [2.24, 2.45) is 0 Å². The number of nitrogens with one attached hydrogen (secondary N) is 1. The lowest BCUT2D eigenvalue weighted by Gasteiger charge is -2.07. The molecule has 4 nitrogen and oxygen atoms in total. The lowest BCUT2D eigenvalue weighted by atomic mass is 10.2. The second-order valence-corrected chi connectivity index (χ2v) is 5.46. The number of rotatable bonds is 6. The standard InChI is InChI=1S/C15H19ClN2O2/c1-10(2)17-8-13-7-14(20-18-13)9-19-15-6-12(16)5-4-11(15)3/h4-7,10,17H,8-9H2,1-3H3. The molecule has 5 heteroatoms. The van der Waals surface area contributed by atoms with Gasteiger partial charge in [0.15, 0.2) is 5.76 Å². The molecular weight excluding hydrogens is 276 g/mol. The molecule has 0 spiro atoms. The summed E-state index contributed by atoms with van der Waals surface area (Å²) in [7, 11) is 0. The van der Waals surface area contributed by atoms with E-state index in [1.807, 2.05) is 25.1 Å². The highest BCUT2D eigenvalue weighted by Gasteiger charge is 2.07. The molecule has 20 heavy (non-hydrogen) atoms. The molecule has 1 N–H and O–H groups in total. The van der Waals surface area contributed by atoms with E-state index in [0.717, 1.165) is 17.0 Å². The predicted octanol–water partition coefficient (Wildman–Crippen LogP) is 3.71. The zero-order valence-electron chi connectivity index (χ0n) is 11.9. The monoisotopic (exact) mass is 294 g/mol. The van der Waals surface area contributed by atoms with Gasteiger partial charge in [0.1, 0.15) is 12.4 Å². The van der Waals surface area contributed by atoms with Crippen LogP contribution in [0.4, 0.5) is 0 Å². The molecule has 0 amide bonds. The summed E-state index contributed by atoms with van der Waals surface area (Å²) in [5.41, 5.74) is 1.91. The first kappa shape index (κ1) is 14.9. The van der Waals surface area contributed by atoms with E-state index in [1.165, 1.54) is 0 Å². The number of benzene rings is 1. The zero-order valence-corrected chi connectivity index (χ0v) is 12.7. The Morgan fingerprint density at radius 2 is 2.15 bits per heavy atom. The molecule has 108 valence electrons. The third-order valence-corrected chi connectivity index (χ3v) is 3.05. The predicted molar refractivity (Wildman–Crippen MR) is 79.0 cm³/mol. The van der Waals surface area contributed by atoms with Gasteiger partial charge in [0.25, 0.3) is 0 Å². The van der Waals surface area contributed by atoms with E-state index in [4.69, 9.17) is 20.9 Å². The maximum absolute atomic E-state index is 5.95. The van der Waals surface area contributed by atoms with Gasteiger partial charge < -0.3 is 14.6 Å². The second kappa shape index (κ2) is 6.77. The number of ether oxygens (including phenoxy) is 1. The topological polar surface area (TPSA) is 47.3 Å². The van der Waals surface area contributed by atoms with Crippen molar-refractivity contribution in [2.45, 2.75) is 40.0 Å². The van der Waals surface area contributed by atoms with Crippen molar-refractivity contribution in [2.75, 3.05) is 0 Å². The largest absolute Gasteiger partial charge is 0.485 e.